The number of aryl methyl sites for hydroxylation is 1. The van der Waals surface area contributed by atoms with Crippen LogP contribution >= 0.6 is 0 Å². The Labute approximate surface area is 99.3 Å². The van der Waals surface area contributed by atoms with Crippen molar-refractivity contribution in [2.24, 2.45) is 13.0 Å². The smallest absolute Gasteiger partial charge is 0.0947 e. The van der Waals surface area contributed by atoms with Gasteiger partial charge >= 0.3 is 0 Å². The van der Waals surface area contributed by atoms with Crippen LogP contribution in [0, 0.1) is 5.92 Å². The standard InChI is InChI=1S/C13H25N3/c1-5-7-11(3)8-12(14-6-2)13-9-16(4)10-15-13/h9-12,14H,5-8H2,1-4H3. The average Bonchev–Trinajstić information content (AvgIpc) is 2.64. The second-order valence-electron chi connectivity index (χ2n) is 4.70. The van der Waals surface area contributed by atoms with E-state index in [1.165, 1.54) is 25.0 Å². The molecule has 2 atom stereocenters. The van der Waals surface area contributed by atoms with Gasteiger partial charge < -0.3 is 9.88 Å². The molecule has 0 saturated heterocycles. The van der Waals surface area contributed by atoms with Crippen LogP contribution in [0.4, 0.5) is 0 Å². The molecule has 1 aromatic heterocycles. The summed E-state index contributed by atoms with van der Waals surface area (Å²) in [4.78, 5) is 4.45. The Morgan fingerprint density at radius 2 is 2.19 bits per heavy atom. The zero-order valence-electron chi connectivity index (χ0n) is 11.0. The second kappa shape index (κ2) is 6.69. The first kappa shape index (κ1) is 13.2. The van der Waals surface area contributed by atoms with Crippen molar-refractivity contribution in [1.82, 2.24) is 14.9 Å². The van der Waals surface area contributed by atoms with Gasteiger partial charge in [0, 0.05) is 13.2 Å². The SMILES string of the molecule is CCCC(C)CC(NCC)c1cn(C)cn1. The Morgan fingerprint density at radius 1 is 1.44 bits per heavy atom. The Hall–Kier alpha value is -0.830. The van der Waals surface area contributed by atoms with E-state index in [2.05, 4.69) is 37.3 Å². The largest absolute Gasteiger partial charge is 0.340 e. The summed E-state index contributed by atoms with van der Waals surface area (Å²) >= 11 is 0. The number of hydrogen-bond donors (Lipinski definition) is 1. The molecule has 0 radical (unpaired) electrons. The van der Waals surface area contributed by atoms with E-state index >= 15 is 0 Å². The highest BCUT2D eigenvalue weighted by atomic mass is 15.0. The maximum absolute atomic E-state index is 4.45. The summed E-state index contributed by atoms with van der Waals surface area (Å²) in [5.74, 6) is 0.760. The van der Waals surface area contributed by atoms with Crippen LogP contribution in [0.1, 0.15) is 51.8 Å². The minimum absolute atomic E-state index is 0.410. The molecule has 3 heteroatoms. The predicted octanol–water partition coefficient (Wildman–Crippen LogP) is 2.90. The highest BCUT2D eigenvalue weighted by molar-refractivity contribution is 5.03. The molecule has 1 aromatic rings. The monoisotopic (exact) mass is 223 g/mol. The molecule has 0 bridgehead atoms. The van der Waals surface area contributed by atoms with Crippen LogP contribution in [0.3, 0.4) is 0 Å². The van der Waals surface area contributed by atoms with Gasteiger partial charge in [0.1, 0.15) is 0 Å². The third-order valence-corrected chi connectivity index (χ3v) is 2.95. The molecule has 0 aromatic carbocycles. The molecule has 0 fully saturated rings. The topological polar surface area (TPSA) is 29.9 Å². The normalized spacial score (nSPS) is 15.0. The van der Waals surface area contributed by atoms with E-state index in [0.717, 1.165) is 12.5 Å². The first-order valence-electron chi connectivity index (χ1n) is 6.38. The van der Waals surface area contributed by atoms with Crippen LogP contribution in [0.5, 0.6) is 0 Å². The average molecular weight is 223 g/mol. The molecule has 16 heavy (non-hydrogen) atoms. The molecule has 2 unspecified atom stereocenters. The number of imidazole rings is 1. The van der Waals surface area contributed by atoms with Crippen LogP contribution < -0.4 is 5.32 Å². The molecule has 92 valence electrons. The van der Waals surface area contributed by atoms with Crippen molar-refractivity contribution in [3.63, 3.8) is 0 Å². The van der Waals surface area contributed by atoms with Crippen LogP contribution in [-0.4, -0.2) is 16.1 Å². The number of nitrogens with zero attached hydrogens (tertiary/aromatic N) is 2. The Morgan fingerprint density at radius 3 is 2.69 bits per heavy atom. The fourth-order valence-electron chi connectivity index (χ4n) is 2.18. The van der Waals surface area contributed by atoms with Gasteiger partial charge in [-0.2, -0.15) is 0 Å². The van der Waals surface area contributed by atoms with Crippen molar-refractivity contribution in [2.75, 3.05) is 6.54 Å². The van der Waals surface area contributed by atoms with E-state index in [9.17, 15) is 0 Å². The number of nitrogens with one attached hydrogen (secondary N) is 1. The Balaban J connectivity index is 2.60. The van der Waals surface area contributed by atoms with E-state index in [1.54, 1.807) is 0 Å². The minimum Gasteiger partial charge on any atom is -0.340 e. The van der Waals surface area contributed by atoms with Gasteiger partial charge in [0.05, 0.1) is 18.1 Å². The van der Waals surface area contributed by atoms with Crippen molar-refractivity contribution < 1.29 is 0 Å². The molecule has 1 N–H and O–H groups in total. The van der Waals surface area contributed by atoms with Crippen molar-refractivity contribution in [3.8, 4) is 0 Å². The lowest BCUT2D eigenvalue weighted by Gasteiger charge is -2.19. The second-order valence-corrected chi connectivity index (χ2v) is 4.70. The Bertz CT molecular complexity index is 293. The minimum atomic E-state index is 0.410. The van der Waals surface area contributed by atoms with Gasteiger partial charge in [0.25, 0.3) is 0 Å². The molecule has 0 aliphatic heterocycles. The fraction of sp³-hybridized carbons (Fsp3) is 0.769. The summed E-state index contributed by atoms with van der Waals surface area (Å²) in [6, 6.07) is 0.410. The van der Waals surface area contributed by atoms with Crippen molar-refractivity contribution in [3.05, 3.63) is 18.2 Å². The third kappa shape index (κ3) is 3.97. The van der Waals surface area contributed by atoms with Crippen LogP contribution in [0.25, 0.3) is 0 Å². The maximum atomic E-state index is 4.45. The van der Waals surface area contributed by atoms with Crippen molar-refractivity contribution >= 4 is 0 Å². The number of hydrogen-bond acceptors (Lipinski definition) is 2. The first-order valence-corrected chi connectivity index (χ1v) is 6.38. The lowest BCUT2D eigenvalue weighted by atomic mass is 9.96. The summed E-state index contributed by atoms with van der Waals surface area (Å²) in [5, 5.41) is 3.53. The molecule has 0 aliphatic rings. The first-order chi connectivity index (χ1) is 7.67. The highest BCUT2D eigenvalue weighted by Crippen LogP contribution is 2.22. The maximum Gasteiger partial charge on any atom is 0.0947 e. The van der Waals surface area contributed by atoms with Gasteiger partial charge in [-0.1, -0.05) is 33.6 Å². The zero-order chi connectivity index (χ0) is 12.0. The molecule has 1 heterocycles. The molecular weight excluding hydrogens is 198 g/mol. The van der Waals surface area contributed by atoms with Gasteiger partial charge in [-0.15, -0.1) is 0 Å². The number of rotatable bonds is 7. The molecule has 0 amide bonds. The van der Waals surface area contributed by atoms with Crippen LogP contribution in [0.2, 0.25) is 0 Å². The third-order valence-electron chi connectivity index (χ3n) is 2.95. The van der Waals surface area contributed by atoms with Gasteiger partial charge in [0.15, 0.2) is 0 Å². The molecular formula is C13H25N3. The summed E-state index contributed by atoms with van der Waals surface area (Å²) < 4.78 is 2.02. The lowest BCUT2D eigenvalue weighted by molar-refractivity contribution is 0.390. The lowest BCUT2D eigenvalue weighted by Crippen LogP contribution is -2.23. The van der Waals surface area contributed by atoms with E-state index in [-0.39, 0.29) is 0 Å². The number of aromatic nitrogens is 2. The van der Waals surface area contributed by atoms with E-state index in [0.29, 0.717) is 6.04 Å². The summed E-state index contributed by atoms with van der Waals surface area (Å²) in [6.07, 6.45) is 7.74. The molecule has 0 saturated carbocycles. The zero-order valence-corrected chi connectivity index (χ0v) is 11.0. The quantitative estimate of drug-likeness (QED) is 0.770. The molecule has 0 spiro atoms. The Kier molecular flexibility index (Phi) is 5.53. The summed E-state index contributed by atoms with van der Waals surface area (Å²) in [5.41, 5.74) is 1.17. The van der Waals surface area contributed by atoms with Gasteiger partial charge in [-0.25, -0.2) is 4.98 Å². The summed E-state index contributed by atoms with van der Waals surface area (Å²) in [6.45, 7) is 7.73. The van der Waals surface area contributed by atoms with Crippen LogP contribution in [0.15, 0.2) is 12.5 Å². The van der Waals surface area contributed by atoms with Crippen molar-refractivity contribution in [2.45, 2.75) is 46.1 Å². The fourth-order valence-corrected chi connectivity index (χ4v) is 2.18. The van der Waals surface area contributed by atoms with E-state index < -0.39 is 0 Å². The molecule has 1 rings (SSSR count). The van der Waals surface area contributed by atoms with Gasteiger partial charge in [0.2, 0.25) is 0 Å². The van der Waals surface area contributed by atoms with Gasteiger partial charge in [-0.3, -0.25) is 0 Å². The van der Waals surface area contributed by atoms with Gasteiger partial charge in [-0.05, 0) is 18.9 Å². The van der Waals surface area contributed by atoms with E-state index in [1.807, 2.05) is 17.9 Å². The molecule has 0 aliphatic carbocycles. The van der Waals surface area contributed by atoms with E-state index in [4.69, 9.17) is 0 Å². The van der Waals surface area contributed by atoms with Crippen LogP contribution in [-0.2, 0) is 7.05 Å². The summed E-state index contributed by atoms with van der Waals surface area (Å²) in [7, 11) is 2.02. The molecule has 3 nitrogen and oxygen atoms in total. The van der Waals surface area contributed by atoms with Crippen molar-refractivity contribution in [1.29, 1.82) is 0 Å². The highest BCUT2D eigenvalue weighted by Gasteiger charge is 2.15. The predicted molar refractivity (Wildman–Crippen MR) is 68.3 cm³/mol.